The number of ether oxygens (including phenoxy) is 4. The van der Waals surface area contributed by atoms with Gasteiger partial charge >= 0.3 is 23.9 Å². The maximum absolute atomic E-state index is 12.7. The number of rotatable bonds is 8. The minimum absolute atomic E-state index is 0.0485. The van der Waals surface area contributed by atoms with Crippen molar-refractivity contribution in [2.24, 2.45) is 0 Å². The number of amides is 2. The Morgan fingerprint density at radius 3 is 1.25 bits per heavy atom. The predicted molar refractivity (Wildman–Crippen MR) is 168 cm³/mol. The molecule has 0 spiro atoms. The van der Waals surface area contributed by atoms with Gasteiger partial charge in [-0.05, 0) is 97.1 Å². The number of anilines is 2. The number of benzene rings is 5. The molecule has 0 bridgehead atoms. The van der Waals surface area contributed by atoms with Gasteiger partial charge in [-0.2, -0.15) is 0 Å². The second kappa shape index (κ2) is 12.0. The van der Waals surface area contributed by atoms with Crippen LogP contribution in [0.2, 0.25) is 0 Å². The summed E-state index contributed by atoms with van der Waals surface area (Å²) in [5.74, 6) is -2.01. The van der Waals surface area contributed by atoms with E-state index in [9.17, 15) is 28.8 Å². The molecular formula is C36H20N2O10. The van der Waals surface area contributed by atoms with Gasteiger partial charge < -0.3 is 29.6 Å². The summed E-state index contributed by atoms with van der Waals surface area (Å²) in [7, 11) is 0. The van der Waals surface area contributed by atoms with Gasteiger partial charge in [0.2, 0.25) is 0 Å². The van der Waals surface area contributed by atoms with Crippen LogP contribution >= 0.6 is 0 Å². The van der Waals surface area contributed by atoms with Gasteiger partial charge in [-0.25, -0.2) is 19.2 Å². The van der Waals surface area contributed by atoms with Gasteiger partial charge in [0.05, 0.1) is 22.3 Å². The molecule has 0 unspecified atom stereocenters. The van der Waals surface area contributed by atoms with E-state index >= 15 is 0 Å². The minimum atomic E-state index is -0.787. The standard InChI is InChI=1S/C36H20N2O10/c39-31(19-4-14-27-29(16-19)35(43)47-33(27)41)37-21-6-10-23(11-7-21)45-25-2-1-3-26(18-25)46-24-12-8-22(9-13-24)38-32(40)20-5-15-28-30(17-20)36(44)48-34(28)42/h1-18H,(H,37,39)(H,38,40). The molecule has 0 atom stereocenters. The van der Waals surface area contributed by atoms with Crippen molar-refractivity contribution in [1.29, 1.82) is 0 Å². The smallest absolute Gasteiger partial charge is 0.346 e. The second-order valence-electron chi connectivity index (χ2n) is 10.5. The van der Waals surface area contributed by atoms with Gasteiger partial charge in [-0.3, -0.25) is 9.59 Å². The molecule has 7 rings (SSSR count). The zero-order valence-corrected chi connectivity index (χ0v) is 24.5. The Bertz CT molecular complexity index is 2040. The molecule has 48 heavy (non-hydrogen) atoms. The van der Waals surface area contributed by atoms with Crippen LogP contribution < -0.4 is 20.1 Å². The lowest BCUT2D eigenvalue weighted by Gasteiger charge is -2.11. The van der Waals surface area contributed by atoms with Crippen molar-refractivity contribution in [1.82, 2.24) is 0 Å². The van der Waals surface area contributed by atoms with Gasteiger partial charge in [-0.1, -0.05) is 6.07 Å². The first-order chi connectivity index (χ1) is 23.2. The van der Waals surface area contributed by atoms with E-state index in [1.165, 1.54) is 36.4 Å². The Labute approximate surface area is 270 Å². The van der Waals surface area contributed by atoms with E-state index in [1.807, 2.05) is 0 Å². The Hall–Kier alpha value is -7.08. The van der Waals surface area contributed by atoms with Crippen LogP contribution in [0.5, 0.6) is 23.0 Å². The minimum Gasteiger partial charge on any atom is -0.457 e. The molecule has 0 aliphatic carbocycles. The van der Waals surface area contributed by atoms with E-state index in [0.29, 0.717) is 34.4 Å². The van der Waals surface area contributed by atoms with E-state index in [1.54, 1.807) is 72.8 Å². The SMILES string of the molecule is O=C(Nc1ccc(Oc2cccc(Oc3ccc(NC(=O)c4ccc5c(c4)C(=O)OC5=O)cc3)c2)cc1)c1ccc2c(c1)C(=O)OC2=O. The van der Waals surface area contributed by atoms with E-state index in [2.05, 4.69) is 20.1 Å². The molecule has 2 aliphatic heterocycles. The van der Waals surface area contributed by atoms with Crippen LogP contribution in [0.15, 0.2) is 109 Å². The topological polar surface area (TPSA) is 163 Å². The number of esters is 4. The summed E-state index contributed by atoms with van der Waals surface area (Å²) < 4.78 is 21.0. The highest BCUT2D eigenvalue weighted by Gasteiger charge is 2.31. The molecular weight excluding hydrogens is 620 g/mol. The highest BCUT2D eigenvalue weighted by molar-refractivity contribution is 6.17. The third kappa shape index (κ3) is 5.96. The van der Waals surface area contributed by atoms with Crippen molar-refractivity contribution < 1.29 is 47.7 Å². The number of carbonyl (C=O) groups excluding carboxylic acids is 6. The van der Waals surface area contributed by atoms with Crippen LogP contribution in [-0.2, 0) is 9.47 Å². The number of cyclic esters (lactones) is 4. The molecule has 5 aromatic carbocycles. The van der Waals surface area contributed by atoms with Crippen LogP contribution in [0.25, 0.3) is 0 Å². The first kappa shape index (κ1) is 29.6. The number of hydrogen-bond acceptors (Lipinski definition) is 10. The van der Waals surface area contributed by atoms with Crippen molar-refractivity contribution in [3.63, 3.8) is 0 Å². The Morgan fingerprint density at radius 1 is 0.438 bits per heavy atom. The van der Waals surface area contributed by atoms with Crippen LogP contribution in [0.4, 0.5) is 11.4 Å². The molecule has 2 heterocycles. The number of carbonyl (C=O) groups is 6. The average Bonchev–Trinajstić information content (AvgIpc) is 3.54. The van der Waals surface area contributed by atoms with Crippen molar-refractivity contribution >= 4 is 47.1 Å². The van der Waals surface area contributed by atoms with Crippen molar-refractivity contribution in [2.75, 3.05) is 10.6 Å². The molecule has 2 N–H and O–H groups in total. The number of fused-ring (bicyclic) bond motifs is 2. The van der Waals surface area contributed by atoms with E-state index < -0.39 is 35.7 Å². The number of hydrogen-bond donors (Lipinski definition) is 2. The summed E-state index contributed by atoms with van der Waals surface area (Å²) in [6.07, 6.45) is 0. The first-order valence-corrected chi connectivity index (χ1v) is 14.3. The molecule has 5 aromatic rings. The molecule has 0 aromatic heterocycles. The fraction of sp³-hybridized carbons (Fsp3) is 0. The molecule has 2 amide bonds. The molecule has 0 radical (unpaired) electrons. The zero-order chi connectivity index (χ0) is 33.4. The fourth-order valence-corrected chi connectivity index (χ4v) is 4.95. The lowest BCUT2D eigenvalue weighted by atomic mass is 10.1. The molecule has 12 nitrogen and oxygen atoms in total. The summed E-state index contributed by atoms with van der Waals surface area (Å²) in [4.78, 5) is 72.3. The average molecular weight is 641 g/mol. The highest BCUT2D eigenvalue weighted by atomic mass is 16.6. The van der Waals surface area contributed by atoms with Gasteiger partial charge in [-0.15, -0.1) is 0 Å². The molecule has 0 saturated carbocycles. The highest BCUT2D eigenvalue weighted by Crippen LogP contribution is 2.30. The van der Waals surface area contributed by atoms with Gasteiger partial charge in [0.1, 0.15) is 23.0 Å². The van der Waals surface area contributed by atoms with E-state index in [0.717, 1.165) is 0 Å². The summed E-state index contributed by atoms with van der Waals surface area (Å²) in [5.41, 5.74) is 1.70. The van der Waals surface area contributed by atoms with Crippen molar-refractivity contribution in [2.45, 2.75) is 0 Å². The molecule has 0 fully saturated rings. The van der Waals surface area contributed by atoms with Crippen LogP contribution in [-0.4, -0.2) is 35.7 Å². The zero-order valence-electron chi connectivity index (χ0n) is 24.5. The molecule has 12 heteroatoms. The van der Waals surface area contributed by atoms with E-state index in [4.69, 9.17) is 9.47 Å². The Morgan fingerprint density at radius 2 is 0.833 bits per heavy atom. The summed E-state index contributed by atoms with van der Waals surface area (Å²) in [5, 5.41) is 5.47. The molecule has 234 valence electrons. The predicted octanol–water partition coefficient (Wildman–Crippen LogP) is 6.40. The maximum atomic E-state index is 12.7. The largest absolute Gasteiger partial charge is 0.457 e. The van der Waals surface area contributed by atoms with Gasteiger partial charge in [0.15, 0.2) is 0 Å². The number of nitrogens with one attached hydrogen (secondary N) is 2. The van der Waals surface area contributed by atoms with Crippen molar-refractivity contribution in [3.05, 3.63) is 143 Å². The third-order valence-corrected chi connectivity index (χ3v) is 7.32. The maximum Gasteiger partial charge on any atom is 0.346 e. The Balaban J connectivity index is 0.942. The van der Waals surface area contributed by atoms with Crippen LogP contribution in [0.1, 0.15) is 62.1 Å². The monoisotopic (exact) mass is 640 g/mol. The van der Waals surface area contributed by atoms with Gasteiger partial charge in [0, 0.05) is 28.6 Å². The molecule has 2 aliphatic rings. The van der Waals surface area contributed by atoms with Crippen LogP contribution in [0.3, 0.4) is 0 Å². The van der Waals surface area contributed by atoms with Crippen molar-refractivity contribution in [3.8, 4) is 23.0 Å². The second-order valence-corrected chi connectivity index (χ2v) is 10.5. The summed E-state index contributed by atoms with van der Waals surface area (Å²) in [6.45, 7) is 0. The first-order valence-electron chi connectivity index (χ1n) is 14.3. The quantitative estimate of drug-likeness (QED) is 0.143. The Kier molecular flexibility index (Phi) is 7.42. The lowest BCUT2D eigenvalue weighted by Crippen LogP contribution is -2.12. The lowest BCUT2D eigenvalue weighted by molar-refractivity contribution is 0.0425. The summed E-state index contributed by atoms with van der Waals surface area (Å²) in [6, 6.07) is 28.5. The summed E-state index contributed by atoms with van der Waals surface area (Å²) >= 11 is 0. The fourth-order valence-electron chi connectivity index (χ4n) is 4.95. The van der Waals surface area contributed by atoms with Crippen LogP contribution in [0, 0.1) is 0 Å². The van der Waals surface area contributed by atoms with E-state index in [-0.39, 0.29) is 33.4 Å². The molecule has 0 saturated heterocycles. The van der Waals surface area contributed by atoms with Gasteiger partial charge in [0.25, 0.3) is 11.8 Å². The third-order valence-electron chi connectivity index (χ3n) is 7.32. The normalized spacial score (nSPS) is 12.8.